The molecule has 0 saturated heterocycles. The Morgan fingerprint density at radius 1 is 1.22 bits per heavy atom. The van der Waals surface area contributed by atoms with Crippen LogP contribution in [0.1, 0.15) is 16.8 Å². The van der Waals surface area contributed by atoms with Crippen LogP contribution >= 0.6 is 0 Å². The average Bonchev–Trinajstić information content (AvgIpc) is 3.22. The lowest BCUT2D eigenvalue weighted by Gasteiger charge is -2.14. The Bertz CT molecular complexity index is 714. The summed E-state index contributed by atoms with van der Waals surface area (Å²) in [7, 11) is 0. The summed E-state index contributed by atoms with van der Waals surface area (Å²) >= 11 is 0. The molecule has 0 radical (unpaired) electrons. The predicted molar refractivity (Wildman–Crippen MR) is 84.9 cm³/mol. The third-order valence-electron chi connectivity index (χ3n) is 4.05. The molecule has 23 heavy (non-hydrogen) atoms. The van der Waals surface area contributed by atoms with Crippen molar-refractivity contribution < 1.29 is 14.3 Å². The molecular formula is C17H17N3O3. The van der Waals surface area contributed by atoms with Crippen LogP contribution in [0.15, 0.2) is 30.5 Å². The number of pyridine rings is 1. The molecule has 0 bridgehead atoms. The summed E-state index contributed by atoms with van der Waals surface area (Å²) in [5.41, 5.74) is 3.65. The molecule has 1 aromatic heterocycles. The summed E-state index contributed by atoms with van der Waals surface area (Å²) in [6.07, 6.45) is 3.33. The Balaban J connectivity index is 1.51. The van der Waals surface area contributed by atoms with Crippen molar-refractivity contribution in [2.45, 2.75) is 19.4 Å². The molecule has 0 fully saturated rings. The highest BCUT2D eigenvalue weighted by Crippen LogP contribution is 2.44. The van der Waals surface area contributed by atoms with Crippen LogP contribution in [0.5, 0.6) is 11.5 Å². The number of nitrogens with zero attached hydrogens (tertiary/aromatic N) is 1. The zero-order valence-electron chi connectivity index (χ0n) is 12.6. The van der Waals surface area contributed by atoms with Crippen molar-refractivity contribution in [1.29, 1.82) is 0 Å². The van der Waals surface area contributed by atoms with Crippen molar-refractivity contribution in [3.8, 4) is 11.5 Å². The first-order valence-electron chi connectivity index (χ1n) is 7.70. The van der Waals surface area contributed by atoms with Gasteiger partial charge in [0, 0.05) is 30.2 Å². The summed E-state index contributed by atoms with van der Waals surface area (Å²) in [5.74, 6) is 1.64. The fourth-order valence-corrected chi connectivity index (χ4v) is 2.95. The number of hydrogen-bond donors (Lipinski definition) is 2. The Morgan fingerprint density at radius 2 is 2.13 bits per heavy atom. The number of amides is 2. The molecule has 118 valence electrons. The normalized spacial score (nSPS) is 14.4. The summed E-state index contributed by atoms with van der Waals surface area (Å²) in [6, 6.07) is 7.37. The first-order chi connectivity index (χ1) is 11.3. The number of rotatable bonds is 3. The number of anilines is 1. The zero-order valence-corrected chi connectivity index (χ0v) is 12.6. The molecule has 6 heteroatoms. The average molecular weight is 311 g/mol. The molecule has 2 aliphatic rings. The molecule has 0 aliphatic carbocycles. The minimum absolute atomic E-state index is 0.270. The molecule has 2 aliphatic heterocycles. The highest BCUT2D eigenvalue weighted by Gasteiger charge is 2.27. The topological polar surface area (TPSA) is 72.5 Å². The van der Waals surface area contributed by atoms with E-state index >= 15 is 0 Å². The quantitative estimate of drug-likeness (QED) is 0.912. The lowest BCUT2D eigenvalue weighted by molar-refractivity contribution is 0.251. The van der Waals surface area contributed by atoms with Crippen molar-refractivity contribution in [3.63, 3.8) is 0 Å². The van der Waals surface area contributed by atoms with E-state index in [1.807, 2.05) is 24.3 Å². The maximum Gasteiger partial charge on any atom is 0.319 e. The monoisotopic (exact) mass is 311 g/mol. The Labute approximate surface area is 133 Å². The first-order valence-corrected chi connectivity index (χ1v) is 7.70. The maximum absolute atomic E-state index is 12.2. The van der Waals surface area contributed by atoms with E-state index in [0.29, 0.717) is 19.8 Å². The van der Waals surface area contributed by atoms with Gasteiger partial charge in [-0.05, 0) is 18.2 Å². The highest BCUT2D eigenvalue weighted by atomic mass is 16.5. The van der Waals surface area contributed by atoms with E-state index in [4.69, 9.17) is 9.47 Å². The summed E-state index contributed by atoms with van der Waals surface area (Å²) < 4.78 is 11.3. The fourth-order valence-electron chi connectivity index (χ4n) is 2.95. The van der Waals surface area contributed by atoms with E-state index in [1.165, 1.54) is 0 Å². The number of carbonyl (C=O) groups is 1. The first kappa shape index (κ1) is 13.9. The third-order valence-corrected chi connectivity index (χ3v) is 4.05. The molecule has 0 spiro atoms. The molecule has 1 aromatic carbocycles. The Morgan fingerprint density at radius 3 is 3.00 bits per heavy atom. The molecule has 0 atom stereocenters. The fraction of sp³-hybridized carbons (Fsp3) is 0.294. The molecule has 4 rings (SSSR count). The number of benzene rings is 1. The zero-order chi connectivity index (χ0) is 15.6. The van der Waals surface area contributed by atoms with Crippen LogP contribution in [-0.2, 0) is 19.4 Å². The van der Waals surface area contributed by atoms with Crippen molar-refractivity contribution in [2.24, 2.45) is 0 Å². The lowest BCUT2D eigenvalue weighted by Crippen LogP contribution is -2.29. The molecule has 0 unspecified atom stereocenters. The minimum atomic E-state index is -0.270. The molecule has 0 saturated carbocycles. The van der Waals surface area contributed by atoms with Gasteiger partial charge < -0.3 is 20.1 Å². The van der Waals surface area contributed by atoms with Gasteiger partial charge in [-0.2, -0.15) is 0 Å². The van der Waals surface area contributed by atoms with E-state index in [0.717, 1.165) is 46.8 Å². The van der Waals surface area contributed by atoms with Gasteiger partial charge in [-0.3, -0.25) is 4.98 Å². The van der Waals surface area contributed by atoms with E-state index in [2.05, 4.69) is 15.6 Å². The number of aromatic nitrogens is 1. The van der Waals surface area contributed by atoms with Gasteiger partial charge in [0.05, 0.1) is 31.1 Å². The SMILES string of the molecule is O=C(NCc1ccccn1)Nc1c2c(cc3c1OCC3)OCC2. The van der Waals surface area contributed by atoms with Crippen LogP contribution in [0, 0.1) is 0 Å². The summed E-state index contributed by atoms with van der Waals surface area (Å²) in [5, 5.41) is 5.75. The smallest absolute Gasteiger partial charge is 0.319 e. The number of ether oxygens (including phenoxy) is 2. The second kappa shape index (κ2) is 5.79. The van der Waals surface area contributed by atoms with Crippen molar-refractivity contribution in [2.75, 3.05) is 18.5 Å². The Kier molecular flexibility index (Phi) is 3.49. The molecule has 2 aromatic rings. The van der Waals surface area contributed by atoms with Crippen molar-refractivity contribution >= 4 is 11.7 Å². The molecule has 6 nitrogen and oxygen atoms in total. The number of fused-ring (bicyclic) bond motifs is 2. The molecule has 2 N–H and O–H groups in total. The maximum atomic E-state index is 12.2. The number of urea groups is 1. The van der Waals surface area contributed by atoms with Gasteiger partial charge in [0.2, 0.25) is 0 Å². The third kappa shape index (κ3) is 2.67. The van der Waals surface area contributed by atoms with Crippen LogP contribution in [0.4, 0.5) is 10.5 Å². The highest BCUT2D eigenvalue weighted by molar-refractivity contribution is 5.93. The molecule has 3 heterocycles. The van der Waals surface area contributed by atoms with Crippen LogP contribution in [0.2, 0.25) is 0 Å². The Hall–Kier alpha value is -2.76. The van der Waals surface area contributed by atoms with Gasteiger partial charge in [-0.1, -0.05) is 6.07 Å². The predicted octanol–water partition coefficient (Wildman–Crippen LogP) is 2.27. The van der Waals surface area contributed by atoms with E-state index in [9.17, 15) is 4.79 Å². The van der Waals surface area contributed by atoms with Crippen LogP contribution in [-0.4, -0.2) is 24.2 Å². The van der Waals surface area contributed by atoms with Gasteiger partial charge >= 0.3 is 6.03 Å². The number of nitrogens with one attached hydrogen (secondary N) is 2. The summed E-state index contributed by atoms with van der Waals surface area (Å²) in [6.45, 7) is 1.66. The van der Waals surface area contributed by atoms with Crippen molar-refractivity contribution in [3.05, 3.63) is 47.3 Å². The standard InChI is InChI=1S/C17H17N3O3/c21-17(19-10-12-3-1-2-6-18-12)20-15-13-5-8-22-14(13)9-11-4-7-23-16(11)15/h1-3,6,9H,4-5,7-8,10H2,(H2,19,20,21). The van der Waals surface area contributed by atoms with E-state index in [-0.39, 0.29) is 6.03 Å². The van der Waals surface area contributed by atoms with Crippen molar-refractivity contribution in [1.82, 2.24) is 10.3 Å². The van der Waals surface area contributed by atoms with Gasteiger partial charge in [0.1, 0.15) is 11.5 Å². The lowest BCUT2D eigenvalue weighted by atomic mass is 10.0. The van der Waals surface area contributed by atoms with Crippen LogP contribution in [0.25, 0.3) is 0 Å². The number of hydrogen-bond acceptors (Lipinski definition) is 4. The van der Waals surface area contributed by atoms with Crippen LogP contribution in [0.3, 0.4) is 0 Å². The van der Waals surface area contributed by atoms with Crippen LogP contribution < -0.4 is 20.1 Å². The summed E-state index contributed by atoms with van der Waals surface area (Å²) in [4.78, 5) is 16.4. The van der Waals surface area contributed by atoms with E-state index < -0.39 is 0 Å². The van der Waals surface area contributed by atoms with Gasteiger partial charge in [-0.25, -0.2) is 4.79 Å². The molecular weight excluding hydrogens is 294 g/mol. The number of carbonyl (C=O) groups excluding carboxylic acids is 1. The second-order valence-corrected chi connectivity index (χ2v) is 5.54. The minimum Gasteiger partial charge on any atom is -0.493 e. The largest absolute Gasteiger partial charge is 0.493 e. The van der Waals surface area contributed by atoms with Gasteiger partial charge in [0.15, 0.2) is 0 Å². The van der Waals surface area contributed by atoms with Gasteiger partial charge in [0.25, 0.3) is 0 Å². The van der Waals surface area contributed by atoms with Gasteiger partial charge in [-0.15, -0.1) is 0 Å². The second-order valence-electron chi connectivity index (χ2n) is 5.54. The van der Waals surface area contributed by atoms with E-state index in [1.54, 1.807) is 6.20 Å². The molecule has 2 amide bonds.